The van der Waals surface area contributed by atoms with Gasteiger partial charge in [0.1, 0.15) is 5.76 Å². The number of nitrogens with zero attached hydrogens (tertiary/aromatic N) is 1. The van der Waals surface area contributed by atoms with Crippen LogP contribution >= 0.6 is 0 Å². The SMILES string of the molecule is CC(C)CN(C1CC1)S(=O)(=O)c1ccc(CN)o1. The van der Waals surface area contributed by atoms with Crippen LogP contribution in [0.15, 0.2) is 21.6 Å². The zero-order chi connectivity index (χ0) is 13.3. The third-order valence-corrected chi connectivity index (χ3v) is 4.69. The summed E-state index contributed by atoms with van der Waals surface area (Å²) in [6.45, 7) is 4.77. The van der Waals surface area contributed by atoms with E-state index in [1.54, 1.807) is 10.4 Å². The van der Waals surface area contributed by atoms with Gasteiger partial charge in [0.05, 0.1) is 6.54 Å². The number of hydrogen-bond donors (Lipinski definition) is 1. The van der Waals surface area contributed by atoms with E-state index in [0.29, 0.717) is 18.2 Å². The van der Waals surface area contributed by atoms with Gasteiger partial charge in [0.2, 0.25) is 5.09 Å². The molecule has 6 heteroatoms. The van der Waals surface area contributed by atoms with Crippen LogP contribution in [-0.2, 0) is 16.6 Å². The van der Waals surface area contributed by atoms with E-state index in [1.165, 1.54) is 6.07 Å². The number of nitrogens with two attached hydrogens (primary N) is 1. The lowest BCUT2D eigenvalue weighted by molar-refractivity contribution is 0.337. The van der Waals surface area contributed by atoms with Gasteiger partial charge in [-0.15, -0.1) is 0 Å². The molecule has 0 bridgehead atoms. The second-order valence-electron chi connectivity index (χ2n) is 5.12. The Kier molecular flexibility index (Phi) is 3.79. The first-order chi connectivity index (χ1) is 8.45. The van der Waals surface area contributed by atoms with Crippen molar-refractivity contribution in [1.29, 1.82) is 0 Å². The van der Waals surface area contributed by atoms with Crippen LogP contribution in [0.2, 0.25) is 0 Å². The average Bonchev–Trinajstić information content (AvgIpc) is 3.01. The van der Waals surface area contributed by atoms with Crippen molar-refractivity contribution in [3.63, 3.8) is 0 Å². The molecule has 102 valence electrons. The third kappa shape index (κ3) is 2.76. The summed E-state index contributed by atoms with van der Waals surface area (Å²) in [4.78, 5) is 0. The molecule has 0 aliphatic heterocycles. The fraction of sp³-hybridized carbons (Fsp3) is 0.667. The minimum absolute atomic E-state index is 0.00972. The second kappa shape index (κ2) is 5.03. The molecule has 5 nitrogen and oxygen atoms in total. The molecular weight excluding hydrogens is 252 g/mol. The van der Waals surface area contributed by atoms with Crippen molar-refractivity contribution in [1.82, 2.24) is 4.31 Å². The van der Waals surface area contributed by atoms with Crippen LogP contribution in [0.25, 0.3) is 0 Å². The van der Waals surface area contributed by atoms with Crippen LogP contribution in [-0.4, -0.2) is 25.3 Å². The van der Waals surface area contributed by atoms with E-state index in [0.717, 1.165) is 12.8 Å². The van der Waals surface area contributed by atoms with Crippen molar-refractivity contribution in [2.45, 2.75) is 44.4 Å². The lowest BCUT2D eigenvalue weighted by Gasteiger charge is -2.22. The summed E-state index contributed by atoms with van der Waals surface area (Å²) in [7, 11) is -3.51. The van der Waals surface area contributed by atoms with Gasteiger partial charge in [0.25, 0.3) is 10.0 Å². The van der Waals surface area contributed by atoms with E-state index < -0.39 is 10.0 Å². The lowest BCUT2D eigenvalue weighted by Crippen LogP contribution is -2.35. The molecule has 0 atom stereocenters. The van der Waals surface area contributed by atoms with Crippen molar-refractivity contribution in [3.8, 4) is 0 Å². The maximum Gasteiger partial charge on any atom is 0.276 e. The van der Waals surface area contributed by atoms with Crippen molar-refractivity contribution in [3.05, 3.63) is 17.9 Å². The molecule has 18 heavy (non-hydrogen) atoms. The lowest BCUT2D eigenvalue weighted by atomic mass is 10.2. The van der Waals surface area contributed by atoms with Crippen molar-refractivity contribution < 1.29 is 12.8 Å². The molecule has 1 heterocycles. The van der Waals surface area contributed by atoms with Gasteiger partial charge in [-0.2, -0.15) is 4.31 Å². The first-order valence-electron chi connectivity index (χ1n) is 6.25. The molecule has 2 rings (SSSR count). The normalized spacial score (nSPS) is 16.7. The molecule has 1 fully saturated rings. The average molecular weight is 272 g/mol. The van der Waals surface area contributed by atoms with Gasteiger partial charge >= 0.3 is 0 Å². The second-order valence-corrected chi connectivity index (χ2v) is 6.95. The summed E-state index contributed by atoms with van der Waals surface area (Å²) >= 11 is 0. The zero-order valence-corrected chi connectivity index (χ0v) is 11.6. The van der Waals surface area contributed by atoms with E-state index in [9.17, 15) is 8.42 Å². The fourth-order valence-electron chi connectivity index (χ4n) is 1.89. The van der Waals surface area contributed by atoms with E-state index in [1.807, 2.05) is 13.8 Å². The van der Waals surface area contributed by atoms with Gasteiger partial charge in [-0.25, -0.2) is 8.42 Å². The number of hydrogen-bond acceptors (Lipinski definition) is 4. The van der Waals surface area contributed by atoms with Gasteiger partial charge < -0.3 is 10.2 Å². The number of furan rings is 1. The van der Waals surface area contributed by atoms with Crippen molar-refractivity contribution >= 4 is 10.0 Å². The topological polar surface area (TPSA) is 76.5 Å². The van der Waals surface area contributed by atoms with E-state index in [2.05, 4.69) is 0 Å². The Bertz CT molecular complexity index is 503. The van der Waals surface area contributed by atoms with Crippen LogP contribution in [0.4, 0.5) is 0 Å². The Labute approximate surface area is 108 Å². The minimum atomic E-state index is -3.51. The molecule has 0 saturated heterocycles. The zero-order valence-electron chi connectivity index (χ0n) is 10.8. The molecule has 1 aromatic rings. The molecule has 0 radical (unpaired) electrons. The Morgan fingerprint density at radius 3 is 2.56 bits per heavy atom. The molecule has 1 saturated carbocycles. The van der Waals surface area contributed by atoms with Gasteiger partial charge in [-0.1, -0.05) is 13.8 Å². The van der Waals surface area contributed by atoms with Gasteiger partial charge in [-0.05, 0) is 30.9 Å². The first kappa shape index (κ1) is 13.6. The summed E-state index contributed by atoms with van der Waals surface area (Å²) in [5, 5.41) is 0.00972. The molecule has 1 aromatic heterocycles. The van der Waals surface area contributed by atoms with E-state index in [-0.39, 0.29) is 17.7 Å². The molecule has 1 aliphatic rings. The monoisotopic (exact) mass is 272 g/mol. The van der Waals surface area contributed by atoms with Crippen LogP contribution in [0.3, 0.4) is 0 Å². The largest absolute Gasteiger partial charge is 0.447 e. The Morgan fingerprint density at radius 2 is 2.11 bits per heavy atom. The highest BCUT2D eigenvalue weighted by Crippen LogP contribution is 2.33. The molecule has 0 spiro atoms. The molecule has 0 unspecified atom stereocenters. The molecule has 1 aliphatic carbocycles. The van der Waals surface area contributed by atoms with Gasteiger partial charge in [0.15, 0.2) is 0 Å². The highest BCUT2D eigenvalue weighted by atomic mass is 32.2. The summed E-state index contributed by atoms with van der Waals surface area (Å²) in [5.74, 6) is 0.790. The van der Waals surface area contributed by atoms with Crippen molar-refractivity contribution in [2.24, 2.45) is 11.7 Å². The smallest absolute Gasteiger partial charge is 0.276 e. The standard InChI is InChI=1S/C12H20N2O3S/c1-9(2)8-14(10-3-4-10)18(15,16)12-6-5-11(7-13)17-12/h5-6,9-10H,3-4,7-8,13H2,1-2H3. The highest BCUT2D eigenvalue weighted by molar-refractivity contribution is 7.89. The van der Waals surface area contributed by atoms with Crippen LogP contribution < -0.4 is 5.73 Å². The minimum Gasteiger partial charge on any atom is -0.447 e. The highest BCUT2D eigenvalue weighted by Gasteiger charge is 2.39. The first-order valence-corrected chi connectivity index (χ1v) is 7.69. The van der Waals surface area contributed by atoms with Gasteiger partial charge in [-0.3, -0.25) is 0 Å². The Balaban J connectivity index is 2.26. The Morgan fingerprint density at radius 1 is 1.44 bits per heavy atom. The van der Waals surface area contributed by atoms with E-state index >= 15 is 0 Å². The summed E-state index contributed by atoms with van der Waals surface area (Å²) < 4.78 is 31.8. The number of sulfonamides is 1. The Hall–Kier alpha value is -0.850. The fourth-order valence-corrected chi connectivity index (χ4v) is 3.67. The third-order valence-electron chi connectivity index (χ3n) is 2.90. The van der Waals surface area contributed by atoms with Crippen LogP contribution in [0, 0.1) is 5.92 Å². The predicted octanol–water partition coefficient (Wildman–Crippen LogP) is 1.55. The molecule has 0 amide bonds. The predicted molar refractivity (Wildman–Crippen MR) is 68.4 cm³/mol. The van der Waals surface area contributed by atoms with Crippen LogP contribution in [0.5, 0.6) is 0 Å². The summed E-state index contributed by atoms with van der Waals surface area (Å²) in [6, 6.07) is 3.25. The van der Waals surface area contributed by atoms with Crippen LogP contribution in [0.1, 0.15) is 32.4 Å². The van der Waals surface area contributed by atoms with E-state index in [4.69, 9.17) is 10.2 Å². The quantitative estimate of drug-likeness (QED) is 0.852. The summed E-state index contributed by atoms with van der Waals surface area (Å²) in [5.41, 5.74) is 5.43. The van der Waals surface area contributed by atoms with Gasteiger partial charge in [0, 0.05) is 12.6 Å². The maximum absolute atomic E-state index is 12.5. The number of rotatable bonds is 6. The maximum atomic E-state index is 12.5. The molecule has 2 N–H and O–H groups in total. The summed E-state index contributed by atoms with van der Waals surface area (Å²) in [6.07, 6.45) is 1.88. The molecular formula is C12H20N2O3S. The van der Waals surface area contributed by atoms with Crippen molar-refractivity contribution in [2.75, 3.05) is 6.54 Å². The molecule has 0 aromatic carbocycles.